The molecule has 0 bridgehead atoms. The molecule has 32 heavy (non-hydrogen) atoms. The van der Waals surface area contributed by atoms with E-state index in [1.54, 1.807) is 27.5 Å². The minimum Gasteiger partial charge on any atom is -0.502 e. The van der Waals surface area contributed by atoms with E-state index >= 15 is 0 Å². The van der Waals surface area contributed by atoms with Gasteiger partial charge in [-0.1, -0.05) is 42.5 Å². The zero-order chi connectivity index (χ0) is 22.6. The largest absolute Gasteiger partial charge is 0.502 e. The van der Waals surface area contributed by atoms with Crippen molar-refractivity contribution in [1.29, 1.82) is 0 Å². The van der Waals surface area contributed by atoms with E-state index in [9.17, 15) is 14.7 Å². The highest BCUT2D eigenvalue weighted by molar-refractivity contribution is 7.98. The topological polar surface area (TPSA) is 65.8 Å². The molecule has 1 unspecified atom stereocenters. The number of rotatable bonds is 2. The number of thioether (sulfide) groups is 1. The first kappa shape index (κ1) is 20.8. The van der Waals surface area contributed by atoms with Gasteiger partial charge in [-0.05, 0) is 36.6 Å². The molecule has 1 N–H and O–H groups in total. The molecule has 6 nitrogen and oxygen atoms in total. The molecule has 2 aromatic carbocycles. The number of amides is 1. The fourth-order valence-electron chi connectivity index (χ4n) is 4.78. The fraction of sp³-hybridized carbons (Fsp3) is 0.250. The van der Waals surface area contributed by atoms with Crippen molar-refractivity contribution in [3.05, 3.63) is 93.4 Å². The van der Waals surface area contributed by atoms with Crippen molar-refractivity contribution < 1.29 is 9.90 Å². The summed E-state index contributed by atoms with van der Waals surface area (Å²) in [5.41, 5.74) is 2.27. The first-order chi connectivity index (χ1) is 15.3. The van der Waals surface area contributed by atoms with Crippen LogP contribution >= 0.6 is 11.8 Å². The number of nitrogens with zero attached hydrogens (tertiary/aromatic N) is 3. The molecule has 0 spiro atoms. The summed E-state index contributed by atoms with van der Waals surface area (Å²) in [5.74, 6) is -0.0215. The number of carbonyl (C=O) groups is 1. The Balaban J connectivity index is 1.85. The lowest BCUT2D eigenvalue weighted by Crippen LogP contribution is -2.64. The van der Waals surface area contributed by atoms with Crippen LogP contribution in [0.5, 0.6) is 5.75 Å². The molecule has 5 rings (SSSR count). The fourth-order valence-corrected chi connectivity index (χ4v) is 5.94. The molecule has 0 saturated heterocycles. The molecule has 0 radical (unpaired) electrons. The Bertz CT molecular complexity index is 1240. The van der Waals surface area contributed by atoms with Crippen LogP contribution in [0.25, 0.3) is 0 Å². The molecule has 0 aliphatic carbocycles. The predicted molar refractivity (Wildman–Crippen MR) is 129 cm³/mol. The highest BCUT2D eigenvalue weighted by Gasteiger charge is 2.45. The van der Waals surface area contributed by atoms with E-state index in [1.807, 2.05) is 38.1 Å². The lowest BCUT2D eigenvalue weighted by Gasteiger charge is -2.51. The normalized spacial score (nSPS) is 19.9. The average Bonchev–Trinajstić information content (AvgIpc) is 2.92. The third kappa shape index (κ3) is 2.89. The van der Waals surface area contributed by atoms with Gasteiger partial charge in [0.1, 0.15) is 14.5 Å². The Hall–Kier alpha value is -3.13. The van der Waals surface area contributed by atoms with Crippen molar-refractivity contribution in [1.82, 2.24) is 9.58 Å². The lowest BCUT2D eigenvalue weighted by atomic mass is 9.65. The molecule has 162 valence electrons. The van der Waals surface area contributed by atoms with Gasteiger partial charge in [0.05, 0.1) is 5.44 Å². The van der Waals surface area contributed by atoms with Crippen molar-refractivity contribution in [3.8, 4) is 5.75 Å². The molecule has 0 saturated carbocycles. The Kier molecular flexibility index (Phi) is 4.85. The molecule has 0 fully saturated rings. The standard InChI is InChI=1S/C24H24BN3O3S/c1-15(2)26-14-28(27-12-11-19(29)22(30)21(27)23(26)31)24(25)17-8-4-3-7-16(17)13-32-20-10-6-5-9-18(20)24/h3-12,15,30H,13-14,25H2,1-2H3. The maximum Gasteiger partial charge on any atom is 0.278 e. The summed E-state index contributed by atoms with van der Waals surface area (Å²) < 4.78 is 1.67. The molecular weight excluding hydrogens is 421 g/mol. The first-order valence-electron chi connectivity index (χ1n) is 10.7. The molecule has 8 heteroatoms. The van der Waals surface area contributed by atoms with Crippen molar-refractivity contribution >= 4 is 25.5 Å². The molecule has 1 amide bonds. The number of carbonyl (C=O) groups excluding carboxylic acids is 1. The Labute approximate surface area is 191 Å². The summed E-state index contributed by atoms with van der Waals surface area (Å²) in [5, 5.41) is 12.7. The Morgan fingerprint density at radius 2 is 1.72 bits per heavy atom. The van der Waals surface area contributed by atoms with Crippen molar-refractivity contribution in [2.45, 2.75) is 36.0 Å². The number of pyridine rings is 1. The lowest BCUT2D eigenvalue weighted by molar-refractivity contribution is 0.0614. The van der Waals surface area contributed by atoms with E-state index in [2.05, 4.69) is 37.1 Å². The monoisotopic (exact) mass is 445 g/mol. The third-order valence-corrected chi connectivity index (χ3v) is 7.66. The maximum atomic E-state index is 13.3. The van der Waals surface area contributed by atoms with E-state index in [-0.39, 0.29) is 17.6 Å². The van der Waals surface area contributed by atoms with Gasteiger partial charge >= 0.3 is 0 Å². The van der Waals surface area contributed by atoms with Crippen LogP contribution in [-0.2, 0) is 11.2 Å². The summed E-state index contributed by atoms with van der Waals surface area (Å²) in [6.07, 6.45) is 1.60. The Morgan fingerprint density at radius 3 is 2.47 bits per heavy atom. The summed E-state index contributed by atoms with van der Waals surface area (Å²) >= 11 is 1.80. The molecule has 1 atom stereocenters. The van der Waals surface area contributed by atoms with Gasteiger partial charge in [-0.2, -0.15) is 0 Å². The quantitative estimate of drug-likeness (QED) is 0.614. The summed E-state index contributed by atoms with van der Waals surface area (Å²) in [7, 11) is 2.16. The minimum absolute atomic E-state index is 0.00513. The van der Waals surface area contributed by atoms with Crippen LogP contribution in [0.1, 0.15) is 41.0 Å². The van der Waals surface area contributed by atoms with Gasteiger partial charge in [0, 0.05) is 29.0 Å². The van der Waals surface area contributed by atoms with Crippen LogP contribution in [0.4, 0.5) is 0 Å². The second-order valence-corrected chi connectivity index (χ2v) is 9.66. The van der Waals surface area contributed by atoms with Gasteiger partial charge in [0.25, 0.3) is 5.91 Å². The van der Waals surface area contributed by atoms with Gasteiger partial charge in [-0.15, -0.1) is 11.8 Å². The number of aromatic hydroxyl groups is 1. The van der Waals surface area contributed by atoms with Crippen LogP contribution in [0.2, 0.25) is 0 Å². The Morgan fingerprint density at radius 1 is 1.03 bits per heavy atom. The summed E-state index contributed by atoms with van der Waals surface area (Å²) in [6.45, 7) is 4.20. The van der Waals surface area contributed by atoms with Gasteiger partial charge in [0.15, 0.2) is 11.4 Å². The summed E-state index contributed by atoms with van der Waals surface area (Å²) in [4.78, 5) is 28.4. The SMILES string of the molecule is BC1(N2CN(C(C)C)C(=O)c3c(O)c(=O)ccn32)c2ccccc2CSc2ccccc21. The van der Waals surface area contributed by atoms with Gasteiger partial charge in [-0.3, -0.25) is 19.3 Å². The molecule has 1 aromatic heterocycles. The molecule has 3 aromatic rings. The van der Waals surface area contributed by atoms with Crippen molar-refractivity contribution in [2.24, 2.45) is 0 Å². The van der Waals surface area contributed by atoms with Gasteiger partial charge < -0.3 is 10.0 Å². The van der Waals surface area contributed by atoms with Crippen LogP contribution in [-0.4, -0.2) is 41.1 Å². The van der Waals surface area contributed by atoms with E-state index in [0.29, 0.717) is 6.67 Å². The molecule has 2 aliphatic rings. The number of hydrogen-bond donors (Lipinski definition) is 1. The number of hydrogen-bond acceptors (Lipinski definition) is 5. The van der Waals surface area contributed by atoms with Crippen molar-refractivity contribution in [3.63, 3.8) is 0 Å². The van der Waals surface area contributed by atoms with E-state index < -0.39 is 16.6 Å². The molecule has 2 aliphatic heterocycles. The van der Waals surface area contributed by atoms with E-state index in [4.69, 9.17) is 0 Å². The first-order valence-corrected chi connectivity index (χ1v) is 11.7. The minimum atomic E-state index is -0.652. The van der Waals surface area contributed by atoms with E-state index in [1.165, 1.54) is 16.5 Å². The van der Waals surface area contributed by atoms with Crippen LogP contribution in [0, 0.1) is 0 Å². The number of benzene rings is 2. The second-order valence-electron chi connectivity index (χ2n) is 8.65. The molecular formula is C24H24BN3O3S. The summed E-state index contributed by atoms with van der Waals surface area (Å²) in [6, 6.07) is 17.9. The maximum absolute atomic E-state index is 13.3. The smallest absolute Gasteiger partial charge is 0.278 e. The van der Waals surface area contributed by atoms with Gasteiger partial charge in [-0.25, -0.2) is 0 Å². The second kappa shape index (κ2) is 7.48. The van der Waals surface area contributed by atoms with E-state index in [0.717, 1.165) is 16.9 Å². The third-order valence-electron chi connectivity index (χ3n) is 6.54. The zero-order valence-corrected chi connectivity index (χ0v) is 19.1. The average molecular weight is 445 g/mol. The number of aromatic nitrogens is 1. The number of fused-ring (bicyclic) bond motifs is 3. The van der Waals surface area contributed by atoms with Crippen LogP contribution < -0.4 is 10.4 Å². The highest BCUT2D eigenvalue weighted by Crippen LogP contribution is 2.45. The highest BCUT2D eigenvalue weighted by atomic mass is 32.2. The van der Waals surface area contributed by atoms with Crippen LogP contribution in [0.15, 0.2) is 70.5 Å². The van der Waals surface area contributed by atoms with Crippen LogP contribution in [0.3, 0.4) is 0 Å². The van der Waals surface area contributed by atoms with Crippen molar-refractivity contribution in [2.75, 3.05) is 11.7 Å². The molecule has 3 heterocycles. The predicted octanol–water partition coefficient (Wildman–Crippen LogP) is 2.45. The van der Waals surface area contributed by atoms with Gasteiger partial charge in [0.2, 0.25) is 5.43 Å². The zero-order valence-electron chi connectivity index (χ0n) is 18.3.